The first-order valence-electron chi connectivity index (χ1n) is 6.59. The van der Waals surface area contributed by atoms with Gasteiger partial charge in [-0.3, -0.25) is 4.79 Å². The van der Waals surface area contributed by atoms with Crippen LogP contribution in [0.5, 0.6) is 0 Å². The number of hydrogen-bond acceptors (Lipinski definition) is 1. The van der Waals surface area contributed by atoms with E-state index in [1.165, 1.54) is 0 Å². The van der Waals surface area contributed by atoms with Gasteiger partial charge in [-0.05, 0) is 42.5 Å². The minimum absolute atomic E-state index is 0.268. The highest BCUT2D eigenvalue weighted by molar-refractivity contribution is 6.36. The van der Waals surface area contributed by atoms with Crippen LogP contribution < -0.4 is 5.56 Å². The summed E-state index contributed by atoms with van der Waals surface area (Å²) in [7, 11) is 0. The third kappa shape index (κ3) is 3.41. The molecule has 0 atom stereocenters. The SMILES string of the molecule is O=c1[nH]cc(-c2cc(Cl)ccc2Cl)cc1-c1cc(Cl)ccc1Cl. The topological polar surface area (TPSA) is 32.9 Å². The fraction of sp³-hybridized carbons (Fsp3) is 0. The summed E-state index contributed by atoms with van der Waals surface area (Å²) in [6.45, 7) is 0. The minimum atomic E-state index is -0.268. The van der Waals surface area contributed by atoms with Gasteiger partial charge in [-0.2, -0.15) is 0 Å². The molecule has 0 saturated carbocycles. The van der Waals surface area contributed by atoms with Gasteiger partial charge in [-0.1, -0.05) is 46.4 Å². The van der Waals surface area contributed by atoms with Gasteiger partial charge in [0.15, 0.2) is 0 Å². The first kappa shape index (κ1) is 16.4. The Bertz CT molecular complexity index is 950. The van der Waals surface area contributed by atoms with Gasteiger partial charge in [0.2, 0.25) is 0 Å². The molecular formula is C17H9Cl4NO. The zero-order chi connectivity index (χ0) is 16.6. The molecule has 2 nitrogen and oxygen atoms in total. The Morgan fingerprint density at radius 1 is 0.696 bits per heavy atom. The summed E-state index contributed by atoms with van der Waals surface area (Å²) >= 11 is 24.5. The van der Waals surface area contributed by atoms with Crippen molar-refractivity contribution in [2.75, 3.05) is 0 Å². The summed E-state index contributed by atoms with van der Waals surface area (Å²) in [4.78, 5) is 14.9. The zero-order valence-corrected chi connectivity index (χ0v) is 14.6. The van der Waals surface area contributed by atoms with Crippen LogP contribution in [-0.2, 0) is 0 Å². The number of pyridine rings is 1. The van der Waals surface area contributed by atoms with Crippen molar-refractivity contribution in [2.24, 2.45) is 0 Å². The largest absolute Gasteiger partial charge is 0.328 e. The molecule has 0 saturated heterocycles. The molecule has 1 aromatic heterocycles. The van der Waals surface area contributed by atoms with E-state index in [4.69, 9.17) is 46.4 Å². The Kier molecular flexibility index (Phi) is 4.69. The number of rotatable bonds is 2. The molecule has 0 spiro atoms. The van der Waals surface area contributed by atoms with Gasteiger partial charge in [-0.15, -0.1) is 0 Å². The molecule has 6 heteroatoms. The van der Waals surface area contributed by atoms with E-state index in [1.54, 1.807) is 48.7 Å². The van der Waals surface area contributed by atoms with Crippen molar-refractivity contribution in [1.29, 1.82) is 0 Å². The van der Waals surface area contributed by atoms with Gasteiger partial charge < -0.3 is 4.98 Å². The molecule has 3 aromatic rings. The molecule has 116 valence electrons. The standard InChI is InChI=1S/C17H9Cl4NO/c18-10-1-3-15(20)12(6-10)9-5-14(17(23)22-8-9)13-7-11(19)2-4-16(13)21/h1-8H,(H,22,23). The van der Waals surface area contributed by atoms with E-state index in [0.29, 0.717) is 31.2 Å². The van der Waals surface area contributed by atoms with Gasteiger partial charge >= 0.3 is 0 Å². The molecular weight excluding hydrogens is 376 g/mol. The van der Waals surface area contributed by atoms with Gasteiger partial charge in [0.25, 0.3) is 5.56 Å². The number of aromatic nitrogens is 1. The van der Waals surface area contributed by atoms with Gasteiger partial charge in [0, 0.05) is 48.5 Å². The number of hydrogen-bond donors (Lipinski definition) is 1. The van der Waals surface area contributed by atoms with Crippen LogP contribution >= 0.6 is 46.4 Å². The molecule has 0 radical (unpaired) electrons. The van der Waals surface area contributed by atoms with Crippen molar-refractivity contribution in [3.05, 3.63) is 79.1 Å². The van der Waals surface area contributed by atoms with Gasteiger partial charge in [-0.25, -0.2) is 0 Å². The molecule has 0 aliphatic heterocycles. The Morgan fingerprint density at radius 3 is 1.91 bits per heavy atom. The molecule has 1 N–H and O–H groups in total. The summed E-state index contributed by atoms with van der Waals surface area (Å²) < 4.78 is 0. The predicted molar refractivity (Wildman–Crippen MR) is 98.0 cm³/mol. The average molecular weight is 385 g/mol. The molecule has 0 aliphatic carbocycles. The van der Waals surface area contributed by atoms with Crippen LogP contribution in [0.25, 0.3) is 22.3 Å². The van der Waals surface area contributed by atoms with Crippen molar-refractivity contribution < 1.29 is 0 Å². The van der Waals surface area contributed by atoms with Crippen LogP contribution in [0.1, 0.15) is 0 Å². The lowest BCUT2D eigenvalue weighted by Gasteiger charge is -2.09. The Hall–Kier alpha value is -1.45. The van der Waals surface area contributed by atoms with Crippen LogP contribution in [0.15, 0.2) is 53.5 Å². The predicted octanol–water partition coefficient (Wildman–Crippen LogP) is 6.32. The molecule has 0 unspecified atom stereocenters. The average Bonchev–Trinajstić information content (AvgIpc) is 2.53. The lowest BCUT2D eigenvalue weighted by atomic mass is 10.0. The first-order chi connectivity index (χ1) is 11.0. The van der Waals surface area contributed by atoms with Crippen LogP contribution in [-0.4, -0.2) is 4.98 Å². The van der Waals surface area contributed by atoms with E-state index in [9.17, 15) is 4.79 Å². The van der Waals surface area contributed by atoms with Crippen LogP contribution in [0.4, 0.5) is 0 Å². The van der Waals surface area contributed by atoms with E-state index in [1.807, 2.05) is 0 Å². The van der Waals surface area contributed by atoms with Crippen molar-refractivity contribution in [1.82, 2.24) is 4.98 Å². The summed E-state index contributed by atoms with van der Waals surface area (Å²) in [5, 5.41) is 2.02. The molecule has 0 amide bonds. The lowest BCUT2D eigenvalue weighted by molar-refractivity contribution is 1.24. The second-order valence-electron chi connectivity index (χ2n) is 4.88. The van der Waals surface area contributed by atoms with E-state index in [0.717, 1.165) is 11.1 Å². The van der Waals surface area contributed by atoms with Crippen molar-refractivity contribution in [2.45, 2.75) is 0 Å². The summed E-state index contributed by atoms with van der Waals surface area (Å²) in [6.07, 6.45) is 1.59. The second kappa shape index (κ2) is 6.58. The number of benzene rings is 2. The normalized spacial score (nSPS) is 10.8. The highest BCUT2D eigenvalue weighted by atomic mass is 35.5. The Labute approximate surface area is 152 Å². The van der Waals surface area contributed by atoms with E-state index in [2.05, 4.69) is 4.98 Å². The summed E-state index contributed by atoms with van der Waals surface area (Å²) in [5.74, 6) is 0. The third-order valence-electron chi connectivity index (χ3n) is 3.36. The fourth-order valence-corrected chi connectivity index (χ4v) is 3.05. The molecule has 0 bridgehead atoms. The minimum Gasteiger partial charge on any atom is -0.328 e. The molecule has 0 fully saturated rings. The first-order valence-corrected chi connectivity index (χ1v) is 8.10. The van der Waals surface area contributed by atoms with Gasteiger partial charge in [0.1, 0.15) is 0 Å². The summed E-state index contributed by atoms with van der Waals surface area (Å²) in [6, 6.07) is 11.8. The maximum absolute atomic E-state index is 12.2. The van der Waals surface area contributed by atoms with Crippen LogP contribution in [0.2, 0.25) is 20.1 Å². The number of nitrogens with one attached hydrogen (secondary N) is 1. The quantitative estimate of drug-likeness (QED) is 0.550. The maximum Gasteiger partial charge on any atom is 0.255 e. The highest BCUT2D eigenvalue weighted by Crippen LogP contribution is 2.34. The highest BCUT2D eigenvalue weighted by Gasteiger charge is 2.12. The molecule has 0 aliphatic rings. The summed E-state index contributed by atoms with van der Waals surface area (Å²) in [5.41, 5.74) is 2.14. The fourth-order valence-electron chi connectivity index (χ4n) is 2.26. The smallest absolute Gasteiger partial charge is 0.255 e. The molecule has 1 heterocycles. The van der Waals surface area contributed by atoms with E-state index >= 15 is 0 Å². The second-order valence-corrected chi connectivity index (χ2v) is 6.57. The van der Waals surface area contributed by atoms with Crippen LogP contribution in [0.3, 0.4) is 0 Å². The van der Waals surface area contributed by atoms with Crippen molar-refractivity contribution in [3.8, 4) is 22.3 Å². The van der Waals surface area contributed by atoms with Gasteiger partial charge in [0.05, 0.1) is 0 Å². The van der Waals surface area contributed by atoms with Crippen LogP contribution in [0, 0.1) is 0 Å². The van der Waals surface area contributed by atoms with E-state index in [-0.39, 0.29) is 5.56 Å². The third-order valence-corrected chi connectivity index (χ3v) is 4.49. The van der Waals surface area contributed by atoms with E-state index < -0.39 is 0 Å². The number of H-pyrrole nitrogens is 1. The maximum atomic E-state index is 12.2. The number of aromatic amines is 1. The monoisotopic (exact) mass is 383 g/mol. The van der Waals surface area contributed by atoms with Crippen molar-refractivity contribution >= 4 is 46.4 Å². The lowest BCUT2D eigenvalue weighted by Crippen LogP contribution is -2.08. The zero-order valence-electron chi connectivity index (χ0n) is 11.5. The van der Waals surface area contributed by atoms with Crippen molar-refractivity contribution in [3.63, 3.8) is 0 Å². The molecule has 2 aromatic carbocycles. The molecule has 3 rings (SSSR count). The molecule has 23 heavy (non-hydrogen) atoms. The number of halogens is 4. The Morgan fingerprint density at radius 2 is 1.26 bits per heavy atom. The Balaban J connectivity index is 2.23.